The number of anilines is 2. The maximum atomic E-state index is 12.2. The molecular formula is C9H13N5O2S2. The van der Waals surface area contributed by atoms with Crippen LogP contribution in [0.4, 0.5) is 10.8 Å². The van der Waals surface area contributed by atoms with Gasteiger partial charge in [0, 0.05) is 0 Å². The monoisotopic (exact) mass is 287 g/mol. The molecule has 2 aromatic rings. The van der Waals surface area contributed by atoms with Crippen LogP contribution in [0, 0.1) is 20.8 Å². The summed E-state index contributed by atoms with van der Waals surface area (Å²) in [6.07, 6.45) is 0. The molecule has 7 nitrogen and oxygen atoms in total. The largest absolute Gasteiger partial charge is 0.375 e. The van der Waals surface area contributed by atoms with E-state index in [1.165, 1.54) is 0 Å². The van der Waals surface area contributed by atoms with Crippen LogP contribution >= 0.6 is 11.3 Å². The van der Waals surface area contributed by atoms with E-state index in [9.17, 15) is 8.42 Å². The summed E-state index contributed by atoms with van der Waals surface area (Å²) in [6, 6.07) is 0. The Hall–Kier alpha value is -1.61. The fourth-order valence-corrected chi connectivity index (χ4v) is 4.02. The SMILES string of the molecule is Cc1nc(N)sc1S(=O)(=O)Nc1c(C)n[nH]c1C. The van der Waals surface area contributed by atoms with E-state index in [4.69, 9.17) is 5.73 Å². The highest BCUT2D eigenvalue weighted by molar-refractivity contribution is 7.94. The van der Waals surface area contributed by atoms with Crippen LogP contribution in [-0.2, 0) is 10.0 Å². The molecule has 0 spiro atoms. The van der Waals surface area contributed by atoms with Crippen molar-refractivity contribution in [3.8, 4) is 0 Å². The molecular weight excluding hydrogens is 274 g/mol. The Bertz CT molecular complexity index is 666. The summed E-state index contributed by atoms with van der Waals surface area (Å²) in [5.41, 5.74) is 7.61. The van der Waals surface area contributed by atoms with E-state index in [0.29, 0.717) is 22.8 Å². The number of nitrogen functional groups attached to an aromatic ring is 1. The second kappa shape index (κ2) is 4.25. The molecule has 0 saturated carbocycles. The third kappa shape index (κ3) is 2.18. The molecule has 0 unspecified atom stereocenters. The molecule has 18 heavy (non-hydrogen) atoms. The zero-order valence-corrected chi connectivity index (χ0v) is 11.7. The number of nitrogens with one attached hydrogen (secondary N) is 2. The Morgan fingerprint density at radius 1 is 1.28 bits per heavy atom. The summed E-state index contributed by atoms with van der Waals surface area (Å²) in [7, 11) is -3.67. The van der Waals surface area contributed by atoms with Crippen molar-refractivity contribution in [2.24, 2.45) is 0 Å². The van der Waals surface area contributed by atoms with Gasteiger partial charge in [-0.3, -0.25) is 9.82 Å². The van der Waals surface area contributed by atoms with Gasteiger partial charge in [0.15, 0.2) is 9.34 Å². The van der Waals surface area contributed by atoms with Crippen molar-refractivity contribution in [3.63, 3.8) is 0 Å². The first-order chi connectivity index (χ1) is 8.31. The zero-order valence-electron chi connectivity index (χ0n) is 10.1. The van der Waals surface area contributed by atoms with Crippen LogP contribution in [0.1, 0.15) is 17.1 Å². The molecule has 0 aliphatic heterocycles. The zero-order chi connectivity index (χ0) is 13.5. The predicted octanol–water partition coefficient (Wildman–Crippen LogP) is 1.17. The first-order valence-electron chi connectivity index (χ1n) is 5.08. The highest BCUT2D eigenvalue weighted by Gasteiger charge is 2.23. The lowest BCUT2D eigenvalue weighted by Gasteiger charge is -2.06. The lowest BCUT2D eigenvalue weighted by Crippen LogP contribution is -2.13. The summed E-state index contributed by atoms with van der Waals surface area (Å²) >= 11 is 0.940. The Kier molecular flexibility index (Phi) is 3.03. The molecule has 98 valence electrons. The van der Waals surface area contributed by atoms with E-state index < -0.39 is 10.0 Å². The van der Waals surface area contributed by atoms with Gasteiger partial charge < -0.3 is 5.73 Å². The number of sulfonamides is 1. The highest BCUT2D eigenvalue weighted by atomic mass is 32.2. The number of hydrogen-bond acceptors (Lipinski definition) is 6. The van der Waals surface area contributed by atoms with Crippen molar-refractivity contribution in [2.75, 3.05) is 10.5 Å². The maximum absolute atomic E-state index is 12.2. The third-order valence-electron chi connectivity index (χ3n) is 2.38. The predicted molar refractivity (Wildman–Crippen MR) is 70.1 cm³/mol. The number of nitrogens with two attached hydrogens (primary N) is 1. The molecule has 0 aromatic carbocycles. The Morgan fingerprint density at radius 3 is 2.39 bits per heavy atom. The second-order valence-corrected chi connectivity index (χ2v) is 6.75. The maximum Gasteiger partial charge on any atom is 0.273 e. The fraction of sp³-hybridized carbons (Fsp3) is 0.333. The molecule has 0 aliphatic rings. The molecule has 2 rings (SSSR count). The summed E-state index contributed by atoms with van der Waals surface area (Å²) in [4.78, 5) is 3.91. The minimum absolute atomic E-state index is 0.125. The smallest absolute Gasteiger partial charge is 0.273 e. The van der Waals surface area contributed by atoms with Gasteiger partial charge in [0.1, 0.15) is 0 Å². The van der Waals surface area contributed by atoms with Gasteiger partial charge in [-0.05, 0) is 20.8 Å². The highest BCUT2D eigenvalue weighted by Crippen LogP contribution is 2.28. The van der Waals surface area contributed by atoms with Gasteiger partial charge in [-0.15, -0.1) is 0 Å². The van der Waals surface area contributed by atoms with Crippen molar-refractivity contribution in [3.05, 3.63) is 17.1 Å². The van der Waals surface area contributed by atoms with Crippen LogP contribution in [0.2, 0.25) is 0 Å². The summed E-state index contributed by atoms with van der Waals surface area (Å²) in [5, 5.41) is 6.88. The van der Waals surface area contributed by atoms with Crippen molar-refractivity contribution < 1.29 is 8.42 Å². The molecule has 0 amide bonds. The van der Waals surface area contributed by atoms with Crippen molar-refractivity contribution in [1.82, 2.24) is 15.2 Å². The number of nitrogens with zero attached hydrogens (tertiary/aromatic N) is 2. The van der Waals surface area contributed by atoms with E-state index in [0.717, 1.165) is 11.3 Å². The number of H-pyrrole nitrogens is 1. The number of aromatic nitrogens is 3. The van der Waals surface area contributed by atoms with Gasteiger partial charge in [0.2, 0.25) is 0 Å². The topological polar surface area (TPSA) is 114 Å². The number of hydrogen-bond donors (Lipinski definition) is 3. The minimum Gasteiger partial charge on any atom is -0.375 e. The second-order valence-electron chi connectivity index (χ2n) is 3.84. The number of aryl methyl sites for hydroxylation is 3. The van der Waals surface area contributed by atoms with Crippen molar-refractivity contribution in [2.45, 2.75) is 25.0 Å². The van der Waals surface area contributed by atoms with E-state index >= 15 is 0 Å². The molecule has 9 heteroatoms. The van der Waals surface area contributed by atoms with Gasteiger partial charge in [0.25, 0.3) is 10.0 Å². The Balaban J connectivity index is 2.42. The van der Waals surface area contributed by atoms with Gasteiger partial charge in [0.05, 0.1) is 22.8 Å². The molecule has 0 bridgehead atoms. The summed E-state index contributed by atoms with van der Waals surface area (Å²) < 4.78 is 27.0. The molecule has 0 atom stereocenters. The van der Waals surface area contributed by atoms with E-state index in [1.54, 1.807) is 20.8 Å². The van der Waals surface area contributed by atoms with E-state index in [2.05, 4.69) is 19.9 Å². The van der Waals surface area contributed by atoms with Gasteiger partial charge >= 0.3 is 0 Å². The normalized spacial score (nSPS) is 11.7. The van der Waals surface area contributed by atoms with Crippen LogP contribution in [0.15, 0.2) is 4.21 Å². The molecule has 2 aromatic heterocycles. The first-order valence-corrected chi connectivity index (χ1v) is 7.38. The van der Waals surface area contributed by atoms with Gasteiger partial charge in [-0.2, -0.15) is 5.10 Å². The first kappa shape index (κ1) is 12.8. The molecule has 0 radical (unpaired) electrons. The van der Waals surface area contributed by atoms with E-state index in [-0.39, 0.29) is 9.34 Å². The average Bonchev–Trinajstić information content (AvgIpc) is 2.75. The van der Waals surface area contributed by atoms with Crippen LogP contribution in [0.25, 0.3) is 0 Å². The van der Waals surface area contributed by atoms with E-state index in [1.807, 2.05) is 0 Å². The van der Waals surface area contributed by atoms with Crippen LogP contribution in [0.5, 0.6) is 0 Å². The van der Waals surface area contributed by atoms with Crippen LogP contribution in [0.3, 0.4) is 0 Å². The quantitative estimate of drug-likeness (QED) is 0.784. The Labute approximate surface area is 108 Å². The van der Waals surface area contributed by atoms with Crippen LogP contribution < -0.4 is 10.5 Å². The number of rotatable bonds is 3. The Morgan fingerprint density at radius 2 is 1.94 bits per heavy atom. The fourth-order valence-electron chi connectivity index (χ4n) is 1.53. The lowest BCUT2D eigenvalue weighted by atomic mass is 10.3. The van der Waals surface area contributed by atoms with Gasteiger partial charge in [-0.1, -0.05) is 11.3 Å². The average molecular weight is 287 g/mol. The standard InChI is InChI=1S/C9H13N5O2S2/c1-4-7(5(2)13-12-4)14-18(15,16)8-6(3)11-9(10)17-8/h14H,1-3H3,(H2,10,11)(H,12,13). The number of aromatic amines is 1. The molecule has 0 saturated heterocycles. The van der Waals surface area contributed by atoms with Crippen molar-refractivity contribution >= 4 is 32.2 Å². The van der Waals surface area contributed by atoms with Crippen LogP contribution in [-0.4, -0.2) is 23.6 Å². The molecule has 2 heterocycles. The molecule has 0 fully saturated rings. The minimum atomic E-state index is -3.67. The van der Waals surface area contributed by atoms with Crippen molar-refractivity contribution in [1.29, 1.82) is 0 Å². The molecule has 4 N–H and O–H groups in total. The molecule has 0 aliphatic carbocycles. The summed E-state index contributed by atoms with van der Waals surface area (Å²) in [6.45, 7) is 5.07. The van der Waals surface area contributed by atoms with Gasteiger partial charge in [-0.25, -0.2) is 13.4 Å². The lowest BCUT2D eigenvalue weighted by molar-refractivity contribution is 0.602. The summed E-state index contributed by atoms with van der Waals surface area (Å²) in [5.74, 6) is 0. The number of thiazole rings is 1. The third-order valence-corrected chi connectivity index (χ3v) is 5.33.